The van der Waals surface area contributed by atoms with E-state index in [9.17, 15) is 4.79 Å². The van der Waals surface area contributed by atoms with Crippen molar-refractivity contribution in [3.05, 3.63) is 35.9 Å². The summed E-state index contributed by atoms with van der Waals surface area (Å²) in [5, 5.41) is 0. The summed E-state index contributed by atoms with van der Waals surface area (Å²) in [6.45, 7) is 0.239. The molecule has 12 heavy (non-hydrogen) atoms. The van der Waals surface area contributed by atoms with Crippen molar-refractivity contribution >= 4 is 17.0 Å². The molecule has 0 amide bonds. The van der Waals surface area contributed by atoms with Crippen molar-refractivity contribution in [1.82, 2.24) is 0 Å². The molecular weight excluding hydrogens is 187 g/mol. The summed E-state index contributed by atoms with van der Waals surface area (Å²) in [5.74, 6) is 0. The van der Waals surface area contributed by atoms with Crippen molar-refractivity contribution < 1.29 is 40.5 Å². The number of rotatable bonds is 2. The Hall–Kier alpha value is -0.0200. The van der Waals surface area contributed by atoms with Crippen LogP contribution in [0.5, 0.6) is 0 Å². The maximum absolute atomic E-state index is 10.2. The van der Waals surface area contributed by atoms with Crippen LogP contribution in [0.25, 0.3) is 0 Å². The summed E-state index contributed by atoms with van der Waals surface area (Å²) in [6, 6.07) is 9.36. The molecule has 0 saturated heterocycles. The van der Waals surface area contributed by atoms with E-state index in [0.29, 0.717) is 0 Å². The van der Waals surface area contributed by atoms with Gasteiger partial charge in [-0.1, -0.05) is 30.3 Å². The van der Waals surface area contributed by atoms with Gasteiger partial charge in [0.05, 0.1) is 0 Å². The number of carbonyl (C=O) groups is 1. The van der Waals surface area contributed by atoms with E-state index in [4.69, 9.17) is 11.6 Å². The maximum Gasteiger partial charge on any atom is 1.00 e. The Kier molecular flexibility index (Phi) is 6.48. The van der Waals surface area contributed by atoms with Crippen LogP contribution in [-0.2, 0) is 11.3 Å². The van der Waals surface area contributed by atoms with Crippen molar-refractivity contribution in [3.8, 4) is 0 Å². The zero-order valence-electron chi connectivity index (χ0n) is 7.79. The molecule has 1 aromatic carbocycles. The Labute approximate surface area is 99.6 Å². The second-order valence-corrected chi connectivity index (χ2v) is 2.32. The van der Waals surface area contributed by atoms with Crippen molar-refractivity contribution in [2.24, 2.45) is 0 Å². The van der Waals surface area contributed by atoms with Gasteiger partial charge in [-0.15, -0.1) is 0 Å². The summed E-state index contributed by atoms with van der Waals surface area (Å²) in [7, 11) is 0. The zero-order valence-corrected chi connectivity index (χ0v) is 9.54. The average Bonchev–Trinajstić information content (AvgIpc) is 2.03. The SMILES string of the molecule is O=C(Cl)OCc1ccccc1.[H-].[Na+]. The first-order valence-electron chi connectivity index (χ1n) is 3.15. The molecule has 1 aromatic rings. The quantitative estimate of drug-likeness (QED) is 0.477. The van der Waals surface area contributed by atoms with Gasteiger partial charge in [0.1, 0.15) is 6.61 Å². The van der Waals surface area contributed by atoms with Gasteiger partial charge in [0.2, 0.25) is 0 Å². The minimum absolute atomic E-state index is 0. The summed E-state index contributed by atoms with van der Waals surface area (Å²) < 4.78 is 4.55. The monoisotopic (exact) mass is 194 g/mol. The number of benzene rings is 1. The van der Waals surface area contributed by atoms with E-state index in [1.807, 2.05) is 30.3 Å². The van der Waals surface area contributed by atoms with Gasteiger partial charge in [-0.3, -0.25) is 0 Å². The fourth-order valence-electron chi connectivity index (χ4n) is 0.714. The molecule has 0 atom stereocenters. The van der Waals surface area contributed by atoms with Crippen LogP contribution in [0.2, 0.25) is 0 Å². The van der Waals surface area contributed by atoms with Crippen molar-refractivity contribution in [2.75, 3.05) is 0 Å². The van der Waals surface area contributed by atoms with E-state index >= 15 is 0 Å². The fourth-order valence-corrected chi connectivity index (χ4v) is 0.769. The van der Waals surface area contributed by atoms with Crippen LogP contribution in [0.1, 0.15) is 6.99 Å². The molecule has 0 unspecified atom stereocenters. The maximum atomic E-state index is 10.2. The topological polar surface area (TPSA) is 26.3 Å². The molecule has 0 aromatic heterocycles. The van der Waals surface area contributed by atoms with Crippen LogP contribution >= 0.6 is 11.6 Å². The summed E-state index contributed by atoms with van der Waals surface area (Å²) in [5.41, 5.74) is 0.162. The van der Waals surface area contributed by atoms with Crippen LogP contribution < -0.4 is 29.6 Å². The van der Waals surface area contributed by atoms with E-state index in [1.54, 1.807) is 0 Å². The van der Waals surface area contributed by atoms with Crippen LogP contribution in [0.4, 0.5) is 4.79 Å². The first-order chi connectivity index (χ1) is 5.29. The van der Waals surface area contributed by atoms with Gasteiger partial charge >= 0.3 is 35.0 Å². The predicted molar refractivity (Wildman–Crippen MR) is 43.6 cm³/mol. The minimum Gasteiger partial charge on any atom is -1.00 e. The predicted octanol–water partition coefficient (Wildman–Crippen LogP) is -0.322. The summed E-state index contributed by atoms with van der Waals surface area (Å²) in [6.07, 6.45) is 0. The molecule has 60 valence electrons. The number of hydrogen-bond acceptors (Lipinski definition) is 2. The molecule has 4 heteroatoms. The van der Waals surface area contributed by atoms with Crippen LogP contribution in [0.3, 0.4) is 0 Å². The zero-order chi connectivity index (χ0) is 8.10. The van der Waals surface area contributed by atoms with E-state index < -0.39 is 5.43 Å². The van der Waals surface area contributed by atoms with Gasteiger partial charge in [-0.05, 0) is 5.56 Å². The van der Waals surface area contributed by atoms with Gasteiger partial charge in [-0.2, -0.15) is 0 Å². The number of ether oxygens (including phenoxy) is 1. The fraction of sp³-hybridized carbons (Fsp3) is 0.125. The van der Waals surface area contributed by atoms with Crippen LogP contribution in [-0.4, -0.2) is 5.43 Å². The average molecular weight is 195 g/mol. The molecule has 0 fully saturated rings. The Morgan fingerprint density at radius 2 is 2.00 bits per heavy atom. The molecular formula is C8H8ClNaO2. The molecule has 0 heterocycles. The first-order valence-corrected chi connectivity index (χ1v) is 3.53. The van der Waals surface area contributed by atoms with Crippen LogP contribution in [0.15, 0.2) is 30.3 Å². The molecule has 0 bridgehead atoms. The molecule has 1 rings (SSSR count). The van der Waals surface area contributed by atoms with E-state index in [1.165, 1.54) is 0 Å². The Bertz CT molecular complexity index is 243. The third-order valence-corrected chi connectivity index (χ3v) is 1.30. The van der Waals surface area contributed by atoms with E-state index in [2.05, 4.69) is 4.74 Å². The molecule has 0 saturated carbocycles. The van der Waals surface area contributed by atoms with Gasteiger partial charge in [0.15, 0.2) is 0 Å². The summed E-state index contributed by atoms with van der Waals surface area (Å²) >= 11 is 4.97. The smallest absolute Gasteiger partial charge is 1.00 e. The second kappa shape index (κ2) is 6.49. The third-order valence-electron chi connectivity index (χ3n) is 1.20. The molecule has 0 aliphatic carbocycles. The number of halogens is 1. The van der Waals surface area contributed by atoms with Crippen LogP contribution in [0, 0.1) is 0 Å². The Balaban J connectivity index is 0. The normalized spacial score (nSPS) is 8.42. The minimum atomic E-state index is -0.770. The Morgan fingerprint density at radius 1 is 1.42 bits per heavy atom. The van der Waals surface area contributed by atoms with Crippen molar-refractivity contribution in [3.63, 3.8) is 0 Å². The third kappa shape index (κ3) is 4.78. The van der Waals surface area contributed by atoms with Gasteiger partial charge in [0.25, 0.3) is 0 Å². The Morgan fingerprint density at radius 3 is 2.50 bits per heavy atom. The van der Waals surface area contributed by atoms with Crippen molar-refractivity contribution in [2.45, 2.75) is 6.61 Å². The first kappa shape index (κ1) is 12.0. The number of carbonyl (C=O) groups excluding carboxylic acids is 1. The second-order valence-electron chi connectivity index (χ2n) is 2.01. The molecule has 0 spiro atoms. The largest absolute Gasteiger partial charge is 1.00 e. The standard InChI is InChI=1S/C8H7ClO2.Na.H/c9-8(10)11-6-7-4-2-1-3-5-7;;/h1-5H,6H2;;/q;+1;-1. The molecule has 0 radical (unpaired) electrons. The number of hydrogen-bond donors (Lipinski definition) is 0. The van der Waals surface area contributed by atoms with Crippen molar-refractivity contribution in [1.29, 1.82) is 0 Å². The summed E-state index contributed by atoms with van der Waals surface area (Å²) in [4.78, 5) is 10.2. The molecule has 0 N–H and O–H groups in total. The van der Waals surface area contributed by atoms with E-state index in [-0.39, 0.29) is 37.6 Å². The van der Waals surface area contributed by atoms with Gasteiger partial charge in [0, 0.05) is 11.6 Å². The molecule has 2 nitrogen and oxygen atoms in total. The molecule has 0 aliphatic rings. The van der Waals surface area contributed by atoms with E-state index in [0.717, 1.165) is 5.56 Å². The van der Waals surface area contributed by atoms with Gasteiger partial charge in [-0.25, -0.2) is 4.79 Å². The molecule has 0 aliphatic heterocycles. The van der Waals surface area contributed by atoms with Gasteiger partial charge < -0.3 is 6.16 Å².